The van der Waals surface area contributed by atoms with Gasteiger partial charge in [0.25, 0.3) is 0 Å². The van der Waals surface area contributed by atoms with E-state index in [0.717, 1.165) is 22.3 Å². The Labute approximate surface area is 199 Å². The molecule has 1 fully saturated rings. The van der Waals surface area contributed by atoms with E-state index in [1.165, 1.54) is 0 Å². The summed E-state index contributed by atoms with van der Waals surface area (Å²) in [6, 6.07) is 11.1. The number of benzene rings is 2. The number of carbonyl (C=O) groups is 2. The van der Waals surface area contributed by atoms with Crippen LogP contribution in [-0.2, 0) is 19.7 Å². The lowest BCUT2D eigenvalue weighted by Gasteiger charge is -2.32. The molecule has 0 aromatic heterocycles. The molecule has 4 atom stereocenters. The number of carboxylic acids is 1. The number of aryl methyl sites for hydroxylation is 2. The number of esters is 1. The molecule has 0 heterocycles. The van der Waals surface area contributed by atoms with Crippen molar-refractivity contribution in [3.05, 3.63) is 70.8 Å². The number of rotatable bonds is 8. The van der Waals surface area contributed by atoms with E-state index in [1.807, 2.05) is 50.3 Å². The highest BCUT2D eigenvalue weighted by atomic mass is 16.5. The number of hydrogen-bond acceptors (Lipinski definition) is 5. The second-order valence-corrected chi connectivity index (χ2v) is 9.94. The zero-order valence-electron chi connectivity index (χ0n) is 19.8. The van der Waals surface area contributed by atoms with Gasteiger partial charge in [0.15, 0.2) is 0 Å². The lowest BCUT2D eigenvalue weighted by atomic mass is 9.72. The molecule has 0 aliphatic heterocycles. The van der Waals surface area contributed by atoms with E-state index >= 15 is 0 Å². The van der Waals surface area contributed by atoms with Crippen molar-refractivity contribution in [1.82, 2.24) is 0 Å². The molecular weight excluding hydrogens is 432 g/mol. The van der Waals surface area contributed by atoms with Gasteiger partial charge < -0.3 is 20.1 Å². The SMILES string of the molecule is Cc1cc(C(C)(CCCOC(=O)C2C3C=CC(C3)C2C(=O)O)c2ccc(O)c(C)c2)ccc1O. The first-order valence-electron chi connectivity index (χ1n) is 11.8. The van der Waals surface area contributed by atoms with Gasteiger partial charge >= 0.3 is 11.9 Å². The molecule has 1 saturated carbocycles. The first-order valence-corrected chi connectivity index (χ1v) is 11.8. The monoisotopic (exact) mass is 464 g/mol. The number of carbonyl (C=O) groups excluding carboxylic acids is 1. The van der Waals surface area contributed by atoms with Crippen LogP contribution in [0.2, 0.25) is 0 Å². The van der Waals surface area contributed by atoms with Gasteiger partial charge in [0.2, 0.25) is 0 Å². The molecule has 2 aromatic carbocycles. The van der Waals surface area contributed by atoms with Crippen molar-refractivity contribution in [1.29, 1.82) is 0 Å². The first kappa shape index (κ1) is 23.9. The molecule has 2 aliphatic carbocycles. The van der Waals surface area contributed by atoms with Gasteiger partial charge in [-0.2, -0.15) is 0 Å². The van der Waals surface area contributed by atoms with Gasteiger partial charge in [0, 0.05) is 5.41 Å². The average Bonchev–Trinajstić information content (AvgIpc) is 3.42. The van der Waals surface area contributed by atoms with Crippen molar-refractivity contribution in [2.75, 3.05) is 6.61 Å². The van der Waals surface area contributed by atoms with Crippen LogP contribution < -0.4 is 0 Å². The van der Waals surface area contributed by atoms with Crippen LogP contribution in [0.15, 0.2) is 48.6 Å². The zero-order chi connectivity index (χ0) is 24.6. The fourth-order valence-corrected chi connectivity index (χ4v) is 5.63. The molecule has 4 unspecified atom stereocenters. The number of phenols is 2. The van der Waals surface area contributed by atoms with Gasteiger partial charge in [-0.3, -0.25) is 9.59 Å². The lowest BCUT2D eigenvalue weighted by molar-refractivity contribution is -0.158. The number of fused-ring (bicyclic) bond motifs is 2. The summed E-state index contributed by atoms with van der Waals surface area (Å²) in [5.41, 5.74) is 3.14. The number of allylic oxidation sites excluding steroid dienone is 2. The maximum absolute atomic E-state index is 12.8. The minimum Gasteiger partial charge on any atom is -0.508 e. The van der Waals surface area contributed by atoms with Crippen LogP contribution in [0.25, 0.3) is 0 Å². The largest absolute Gasteiger partial charge is 0.508 e. The van der Waals surface area contributed by atoms with Crippen LogP contribution in [0.5, 0.6) is 11.5 Å². The Morgan fingerprint density at radius 1 is 0.941 bits per heavy atom. The van der Waals surface area contributed by atoms with Gasteiger partial charge in [-0.15, -0.1) is 0 Å². The fraction of sp³-hybridized carbons (Fsp3) is 0.429. The van der Waals surface area contributed by atoms with Gasteiger partial charge in [-0.25, -0.2) is 0 Å². The third-order valence-electron chi connectivity index (χ3n) is 7.75. The second-order valence-electron chi connectivity index (χ2n) is 9.94. The summed E-state index contributed by atoms with van der Waals surface area (Å²) in [6.45, 7) is 6.01. The molecule has 4 rings (SSSR count). The van der Waals surface area contributed by atoms with Crippen molar-refractivity contribution < 1.29 is 29.6 Å². The van der Waals surface area contributed by atoms with Crippen molar-refractivity contribution in [2.45, 2.75) is 45.4 Å². The van der Waals surface area contributed by atoms with Gasteiger partial charge in [0.1, 0.15) is 11.5 Å². The average molecular weight is 465 g/mol. The summed E-state index contributed by atoms with van der Waals surface area (Å²) < 4.78 is 5.60. The number of ether oxygens (including phenoxy) is 1. The lowest BCUT2D eigenvalue weighted by Crippen LogP contribution is -2.34. The normalized spacial score (nSPS) is 23.3. The van der Waals surface area contributed by atoms with E-state index in [0.29, 0.717) is 19.3 Å². The third kappa shape index (κ3) is 4.29. The molecule has 34 heavy (non-hydrogen) atoms. The van der Waals surface area contributed by atoms with E-state index in [2.05, 4.69) is 6.92 Å². The number of phenolic OH excluding ortho intramolecular Hbond substituents is 2. The number of aromatic hydroxyl groups is 2. The number of hydrogen-bond donors (Lipinski definition) is 3. The highest BCUT2D eigenvalue weighted by molar-refractivity contribution is 5.83. The third-order valence-corrected chi connectivity index (χ3v) is 7.75. The summed E-state index contributed by atoms with van der Waals surface area (Å²) in [5.74, 6) is -2.35. The summed E-state index contributed by atoms with van der Waals surface area (Å²) >= 11 is 0. The highest BCUT2D eigenvalue weighted by Gasteiger charge is 2.52. The van der Waals surface area contributed by atoms with E-state index < -0.39 is 29.2 Å². The molecule has 2 bridgehead atoms. The molecule has 6 heteroatoms. The van der Waals surface area contributed by atoms with Crippen molar-refractivity contribution in [3.8, 4) is 11.5 Å². The standard InChI is InChI=1S/C28H32O6/c1-16-13-20(7-9-22(16)29)28(3,21-8-10-23(30)17(2)14-21)11-4-12-34-27(33)25-19-6-5-18(15-19)24(25)26(31)32/h5-10,13-14,18-19,24-25,29-30H,4,11-12,15H2,1-3H3,(H,31,32). The molecule has 0 spiro atoms. The maximum atomic E-state index is 12.8. The van der Waals surface area contributed by atoms with E-state index in [4.69, 9.17) is 4.74 Å². The fourth-order valence-electron chi connectivity index (χ4n) is 5.63. The van der Waals surface area contributed by atoms with E-state index in [9.17, 15) is 24.9 Å². The summed E-state index contributed by atoms with van der Waals surface area (Å²) in [4.78, 5) is 24.5. The molecule has 2 aliphatic rings. The molecule has 2 aromatic rings. The smallest absolute Gasteiger partial charge is 0.310 e. The van der Waals surface area contributed by atoms with Gasteiger partial charge in [0.05, 0.1) is 18.4 Å². The van der Waals surface area contributed by atoms with Crippen LogP contribution in [0.4, 0.5) is 0 Å². The predicted molar refractivity (Wildman–Crippen MR) is 128 cm³/mol. The zero-order valence-corrected chi connectivity index (χ0v) is 19.8. The van der Waals surface area contributed by atoms with Crippen LogP contribution in [0.3, 0.4) is 0 Å². The number of carboxylic acid groups (broad SMARTS) is 1. The van der Waals surface area contributed by atoms with Crippen LogP contribution in [0.1, 0.15) is 48.4 Å². The first-order chi connectivity index (χ1) is 16.1. The van der Waals surface area contributed by atoms with Crippen LogP contribution in [-0.4, -0.2) is 33.9 Å². The van der Waals surface area contributed by atoms with Gasteiger partial charge in [-0.05, 0) is 79.3 Å². The Kier molecular flexibility index (Phi) is 6.43. The Morgan fingerprint density at radius 2 is 1.47 bits per heavy atom. The van der Waals surface area contributed by atoms with Crippen molar-refractivity contribution in [3.63, 3.8) is 0 Å². The van der Waals surface area contributed by atoms with Crippen molar-refractivity contribution >= 4 is 11.9 Å². The van der Waals surface area contributed by atoms with Crippen LogP contribution in [0, 0.1) is 37.5 Å². The Morgan fingerprint density at radius 3 is 1.97 bits per heavy atom. The molecule has 0 saturated heterocycles. The Hall–Kier alpha value is -3.28. The van der Waals surface area contributed by atoms with Crippen LogP contribution >= 0.6 is 0 Å². The molecular formula is C28H32O6. The minimum absolute atomic E-state index is 0.0520. The molecule has 180 valence electrons. The molecule has 3 N–H and O–H groups in total. The Balaban J connectivity index is 1.48. The minimum atomic E-state index is -0.934. The van der Waals surface area contributed by atoms with E-state index in [1.54, 1.807) is 12.1 Å². The molecule has 0 radical (unpaired) electrons. The quantitative estimate of drug-likeness (QED) is 0.293. The highest BCUT2D eigenvalue weighted by Crippen LogP contribution is 2.48. The van der Waals surface area contributed by atoms with Crippen molar-refractivity contribution in [2.24, 2.45) is 23.7 Å². The summed E-state index contributed by atoms with van der Waals surface area (Å²) in [5, 5.41) is 29.6. The van der Waals surface area contributed by atoms with Gasteiger partial charge in [-0.1, -0.05) is 43.3 Å². The summed E-state index contributed by atoms with van der Waals surface area (Å²) in [7, 11) is 0. The Bertz CT molecular complexity index is 1080. The second kappa shape index (κ2) is 9.16. The van der Waals surface area contributed by atoms with E-state index in [-0.39, 0.29) is 29.9 Å². The maximum Gasteiger partial charge on any atom is 0.310 e. The summed E-state index contributed by atoms with van der Waals surface area (Å²) in [6.07, 6.45) is 5.81. The number of aliphatic carboxylic acids is 1. The topological polar surface area (TPSA) is 104 Å². The molecule has 0 amide bonds. The molecule has 6 nitrogen and oxygen atoms in total. The predicted octanol–water partition coefficient (Wildman–Crippen LogP) is 4.87.